The quantitative estimate of drug-likeness (QED) is 0.541. The van der Waals surface area contributed by atoms with Crippen LogP contribution in [0.1, 0.15) is 18.9 Å². The summed E-state index contributed by atoms with van der Waals surface area (Å²) >= 11 is 0. The second-order valence-corrected chi connectivity index (χ2v) is 5.04. The summed E-state index contributed by atoms with van der Waals surface area (Å²) in [6, 6.07) is 13.7. The lowest BCUT2D eigenvalue weighted by Crippen LogP contribution is -2.18. The molecule has 6 nitrogen and oxygen atoms in total. The van der Waals surface area contributed by atoms with Gasteiger partial charge in [-0.25, -0.2) is 4.79 Å². The number of carbonyl (C=O) groups excluding carboxylic acids is 1. The molecule has 0 unspecified atom stereocenters. The van der Waals surface area contributed by atoms with Gasteiger partial charge in [-0.3, -0.25) is 0 Å². The lowest BCUT2D eigenvalue weighted by molar-refractivity contribution is -0.136. The largest absolute Gasteiger partial charge is 0.493 e. The van der Waals surface area contributed by atoms with Gasteiger partial charge >= 0.3 is 5.97 Å². The molecule has 0 N–H and O–H groups in total. The number of carbonyl (C=O) groups is 1. The highest BCUT2D eigenvalue weighted by atomic mass is 16.6. The van der Waals surface area contributed by atoms with E-state index in [9.17, 15) is 4.79 Å². The smallest absolute Gasteiger partial charge is 0.349 e. The van der Waals surface area contributed by atoms with Gasteiger partial charge in [0.2, 0.25) is 0 Å². The molecule has 6 heteroatoms. The van der Waals surface area contributed by atoms with E-state index in [1.54, 1.807) is 24.3 Å². The summed E-state index contributed by atoms with van der Waals surface area (Å²) in [6.45, 7) is 2.29. The second-order valence-electron chi connectivity index (χ2n) is 5.04. The van der Waals surface area contributed by atoms with E-state index in [0.29, 0.717) is 29.4 Å². The Morgan fingerprint density at radius 3 is 2.40 bits per heavy atom. The zero-order valence-electron chi connectivity index (χ0n) is 14.2. The topological polar surface area (TPSA) is 77.8 Å². The molecular weight excluding hydrogens is 322 g/mol. The average molecular weight is 341 g/mol. The molecule has 130 valence electrons. The van der Waals surface area contributed by atoms with Gasteiger partial charge in [-0.2, -0.15) is 5.26 Å². The Morgan fingerprint density at radius 2 is 1.76 bits per heavy atom. The van der Waals surface area contributed by atoms with E-state index in [0.717, 1.165) is 6.42 Å². The molecule has 0 saturated carbocycles. The predicted molar refractivity (Wildman–Crippen MR) is 91.1 cm³/mol. The molecule has 0 atom stereocenters. The Hall–Kier alpha value is -3.20. The van der Waals surface area contributed by atoms with Crippen LogP contribution < -0.4 is 18.9 Å². The minimum absolute atomic E-state index is 0.227. The van der Waals surface area contributed by atoms with Crippen molar-refractivity contribution in [2.75, 3.05) is 20.3 Å². The van der Waals surface area contributed by atoms with E-state index in [-0.39, 0.29) is 12.4 Å². The summed E-state index contributed by atoms with van der Waals surface area (Å²) in [5.74, 6) is 0.991. The SMILES string of the molecule is CCCOc1ccccc1OCC(=O)Oc1ccc(C#N)cc1OC. The number of nitriles is 1. The zero-order chi connectivity index (χ0) is 18.1. The molecular formula is C19H19NO5. The van der Waals surface area contributed by atoms with Crippen molar-refractivity contribution in [1.29, 1.82) is 5.26 Å². The van der Waals surface area contributed by atoms with E-state index in [1.165, 1.54) is 19.2 Å². The molecule has 0 aliphatic rings. The average Bonchev–Trinajstić information content (AvgIpc) is 2.65. The summed E-state index contributed by atoms with van der Waals surface area (Å²) in [7, 11) is 1.44. The van der Waals surface area contributed by atoms with Crippen molar-refractivity contribution in [3.05, 3.63) is 48.0 Å². The Balaban J connectivity index is 1.99. The fourth-order valence-electron chi connectivity index (χ4n) is 2.01. The fraction of sp³-hybridized carbons (Fsp3) is 0.263. The van der Waals surface area contributed by atoms with Gasteiger partial charge in [0.15, 0.2) is 29.6 Å². The predicted octanol–water partition coefficient (Wildman–Crippen LogP) is 3.34. The number of hydrogen-bond donors (Lipinski definition) is 0. The van der Waals surface area contributed by atoms with Crippen molar-refractivity contribution in [3.63, 3.8) is 0 Å². The number of nitrogens with zero attached hydrogens (tertiary/aromatic N) is 1. The highest BCUT2D eigenvalue weighted by molar-refractivity contribution is 5.75. The van der Waals surface area contributed by atoms with E-state index >= 15 is 0 Å². The van der Waals surface area contributed by atoms with Gasteiger partial charge < -0.3 is 18.9 Å². The second kappa shape index (κ2) is 9.18. The normalized spacial score (nSPS) is 9.80. The van der Waals surface area contributed by atoms with Crippen molar-refractivity contribution in [2.24, 2.45) is 0 Å². The monoisotopic (exact) mass is 341 g/mol. The molecule has 0 aromatic heterocycles. The Morgan fingerprint density at radius 1 is 1.04 bits per heavy atom. The van der Waals surface area contributed by atoms with Crippen LogP contribution in [0.2, 0.25) is 0 Å². The van der Waals surface area contributed by atoms with Crippen LogP contribution in [-0.4, -0.2) is 26.3 Å². The van der Waals surface area contributed by atoms with Crippen LogP contribution in [0.15, 0.2) is 42.5 Å². The molecule has 2 aromatic rings. The number of hydrogen-bond acceptors (Lipinski definition) is 6. The highest BCUT2D eigenvalue weighted by Crippen LogP contribution is 2.29. The molecule has 0 fully saturated rings. The number of benzene rings is 2. The minimum Gasteiger partial charge on any atom is -0.493 e. The molecule has 0 aliphatic heterocycles. The van der Waals surface area contributed by atoms with E-state index in [2.05, 4.69) is 0 Å². The Bertz CT molecular complexity index is 767. The third-order valence-corrected chi connectivity index (χ3v) is 3.17. The van der Waals surface area contributed by atoms with Gasteiger partial charge in [0, 0.05) is 6.07 Å². The maximum atomic E-state index is 12.0. The highest BCUT2D eigenvalue weighted by Gasteiger charge is 2.13. The first-order chi connectivity index (χ1) is 12.2. The number of methoxy groups -OCH3 is 1. The Labute approximate surface area is 146 Å². The van der Waals surface area contributed by atoms with Gasteiger partial charge in [-0.1, -0.05) is 19.1 Å². The van der Waals surface area contributed by atoms with Crippen molar-refractivity contribution >= 4 is 5.97 Å². The van der Waals surface area contributed by atoms with Crippen molar-refractivity contribution < 1.29 is 23.7 Å². The third-order valence-electron chi connectivity index (χ3n) is 3.17. The van der Waals surface area contributed by atoms with Crippen LogP contribution in [0, 0.1) is 11.3 Å². The molecule has 0 amide bonds. The van der Waals surface area contributed by atoms with Crippen LogP contribution in [0.4, 0.5) is 0 Å². The molecule has 0 heterocycles. The maximum Gasteiger partial charge on any atom is 0.349 e. The molecule has 2 rings (SSSR count). The number of rotatable bonds is 8. The van der Waals surface area contributed by atoms with E-state index in [4.69, 9.17) is 24.2 Å². The van der Waals surface area contributed by atoms with Gasteiger partial charge in [0.25, 0.3) is 0 Å². The zero-order valence-corrected chi connectivity index (χ0v) is 14.2. The summed E-state index contributed by atoms with van der Waals surface area (Å²) < 4.78 is 21.4. The van der Waals surface area contributed by atoms with Crippen molar-refractivity contribution in [1.82, 2.24) is 0 Å². The number of para-hydroxylation sites is 2. The van der Waals surface area contributed by atoms with Crippen LogP contribution in [-0.2, 0) is 4.79 Å². The summed E-state index contributed by atoms with van der Waals surface area (Å²) in [5.41, 5.74) is 0.412. The molecule has 25 heavy (non-hydrogen) atoms. The van der Waals surface area contributed by atoms with Gasteiger partial charge in [0.1, 0.15) is 0 Å². The van der Waals surface area contributed by atoms with Crippen LogP contribution in [0.25, 0.3) is 0 Å². The lowest BCUT2D eigenvalue weighted by atomic mass is 10.2. The summed E-state index contributed by atoms with van der Waals surface area (Å²) in [4.78, 5) is 12.0. The number of esters is 1. The van der Waals surface area contributed by atoms with Crippen LogP contribution in [0.5, 0.6) is 23.0 Å². The molecule has 0 saturated heterocycles. The molecule has 0 bridgehead atoms. The molecule has 2 aromatic carbocycles. The fourth-order valence-corrected chi connectivity index (χ4v) is 2.01. The number of ether oxygens (including phenoxy) is 4. The summed E-state index contributed by atoms with van der Waals surface area (Å²) in [5, 5.41) is 8.88. The first-order valence-electron chi connectivity index (χ1n) is 7.81. The van der Waals surface area contributed by atoms with Gasteiger partial charge in [0.05, 0.1) is 25.3 Å². The third kappa shape index (κ3) is 5.15. The van der Waals surface area contributed by atoms with E-state index in [1.807, 2.05) is 19.1 Å². The Kier molecular flexibility index (Phi) is 6.66. The molecule has 0 spiro atoms. The summed E-state index contributed by atoms with van der Waals surface area (Å²) in [6.07, 6.45) is 0.870. The lowest BCUT2D eigenvalue weighted by Gasteiger charge is -2.12. The van der Waals surface area contributed by atoms with Crippen molar-refractivity contribution in [3.8, 4) is 29.1 Å². The van der Waals surface area contributed by atoms with Crippen molar-refractivity contribution in [2.45, 2.75) is 13.3 Å². The van der Waals surface area contributed by atoms with Crippen LogP contribution in [0.3, 0.4) is 0 Å². The van der Waals surface area contributed by atoms with Gasteiger partial charge in [-0.15, -0.1) is 0 Å². The molecule has 0 aliphatic carbocycles. The standard InChI is InChI=1S/C19H19NO5/c1-3-10-23-15-6-4-5-7-16(15)24-13-19(21)25-17-9-8-14(12-20)11-18(17)22-2/h4-9,11H,3,10,13H2,1-2H3. The maximum absolute atomic E-state index is 12.0. The minimum atomic E-state index is -0.590. The first-order valence-corrected chi connectivity index (χ1v) is 7.81. The first kappa shape index (κ1) is 18.1. The van der Waals surface area contributed by atoms with Crippen LogP contribution >= 0.6 is 0 Å². The molecule has 0 radical (unpaired) electrons. The van der Waals surface area contributed by atoms with Gasteiger partial charge in [-0.05, 0) is 30.7 Å². The van der Waals surface area contributed by atoms with E-state index < -0.39 is 5.97 Å².